The van der Waals surface area contributed by atoms with Crippen LogP contribution in [-0.2, 0) is 9.06 Å². The molecular formula is C23H17F6NO4S5. The van der Waals surface area contributed by atoms with E-state index in [2.05, 4.69) is 5.32 Å². The van der Waals surface area contributed by atoms with E-state index in [9.17, 15) is 34.1 Å². The van der Waals surface area contributed by atoms with Crippen LogP contribution in [0.2, 0.25) is 0 Å². The molecular weight excluding hydrogens is 629 g/mol. The van der Waals surface area contributed by atoms with Crippen molar-refractivity contribution < 1.29 is 43.3 Å². The molecule has 16 heteroatoms. The summed E-state index contributed by atoms with van der Waals surface area (Å²) in [5.41, 5.74) is -3.02. The first kappa shape index (κ1) is 31.5. The van der Waals surface area contributed by atoms with E-state index in [-0.39, 0.29) is 22.1 Å². The second-order valence-corrected chi connectivity index (χ2v) is 11.5. The summed E-state index contributed by atoms with van der Waals surface area (Å²) < 4.78 is 88.2. The summed E-state index contributed by atoms with van der Waals surface area (Å²) in [7, 11) is 0. The molecule has 0 radical (unpaired) electrons. The van der Waals surface area contributed by atoms with Gasteiger partial charge >= 0.3 is 5.97 Å². The molecule has 2 N–H and O–H groups in total. The molecule has 1 amide bonds. The quantitative estimate of drug-likeness (QED) is 0.148. The van der Waals surface area contributed by atoms with Gasteiger partial charge in [-0.05, 0) is 25.5 Å². The SMILES string of the molecule is CCC(C)(NC(=O)c1cc(F)c2ccccc2c1OC(SF)(SF)c1ccc(SF)c(SF)c1SF)C(=O)O. The van der Waals surface area contributed by atoms with Gasteiger partial charge in [-0.25, -0.2) is 9.18 Å². The Morgan fingerprint density at radius 3 is 2.08 bits per heavy atom. The average Bonchev–Trinajstić information content (AvgIpc) is 2.95. The van der Waals surface area contributed by atoms with E-state index in [4.69, 9.17) is 4.74 Å². The number of nitrogens with one attached hydrogen (secondary N) is 1. The third-order valence-electron chi connectivity index (χ3n) is 5.84. The second-order valence-electron chi connectivity index (χ2n) is 8.04. The number of carboxylic acid groups (broad SMARTS) is 1. The molecule has 3 aromatic carbocycles. The first-order valence-corrected chi connectivity index (χ1v) is 14.2. The molecule has 210 valence electrons. The van der Waals surface area contributed by atoms with Crippen LogP contribution in [-0.4, -0.2) is 22.5 Å². The van der Waals surface area contributed by atoms with Gasteiger partial charge in [-0.15, -0.1) is 0 Å². The number of ether oxygens (including phenoxy) is 1. The molecule has 0 saturated carbocycles. The first-order chi connectivity index (χ1) is 18.6. The van der Waals surface area contributed by atoms with Crippen molar-refractivity contribution in [2.45, 2.75) is 44.8 Å². The number of benzene rings is 3. The molecule has 1 atom stereocenters. The van der Waals surface area contributed by atoms with E-state index < -0.39 is 115 Å². The molecule has 0 bridgehead atoms. The number of hydrogen-bond donors (Lipinski definition) is 2. The number of halogens is 6. The van der Waals surface area contributed by atoms with Crippen molar-refractivity contribution >= 4 is 83.4 Å². The highest BCUT2D eigenvalue weighted by atomic mass is 32.2. The van der Waals surface area contributed by atoms with E-state index in [0.717, 1.165) is 12.1 Å². The second kappa shape index (κ2) is 13.1. The molecule has 0 aliphatic carbocycles. The van der Waals surface area contributed by atoms with Crippen LogP contribution in [0, 0.1) is 5.82 Å². The Labute approximate surface area is 241 Å². The minimum atomic E-state index is -2.85. The summed E-state index contributed by atoms with van der Waals surface area (Å²) in [4.78, 5) is 23.3. The molecule has 3 aromatic rings. The van der Waals surface area contributed by atoms with Gasteiger partial charge in [0.25, 0.3) is 10.2 Å². The highest BCUT2D eigenvalue weighted by molar-refractivity contribution is 8.12. The highest BCUT2D eigenvalue weighted by Crippen LogP contribution is 2.56. The Morgan fingerprint density at radius 1 is 0.949 bits per heavy atom. The lowest BCUT2D eigenvalue weighted by Crippen LogP contribution is -2.51. The zero-order valence-corrected chi connectivity index (χ0v) is 23.8. The molecule has 0 aliphatic rings. The van der Waals surface area contributed by atoms with Crippen LogP contribution in [0.25, 0.3) is 10.8 Å². The van der Waals surface area contributed by atoms with Gasteiger partial charge in [-0.2, -0.15) is 19.4 Å². The standard InChI is InChI=1S/C23H17F6NO4S5/c1-3-22(2,21(32)33)30-20(31)13-10-15(24)11-6-4-5-7-12(11)17(13)34-23(38-28,39-29)14-8-9-16(35-25)19(37-27)18(14)36-26/h4-10H,3H2,1-2H3,(H,30,31)(H,32,33). The van der Waals surface area contributed by atoms with E-state index in [1.165, 1.54) is 38.1 Å². The monoisotopic (exact) mass is 645 g/mol. The summed E-state index contributed by atoms with van der Waals surface area (Å²) in [5.74, 6) is -4.05. The summed E-state index contributed by atoms with van der Waals surface area (Å²) in [6.07, 6.45) is -0.0788. The van der Waals surface area contributed by atoms with Gasteiger partial charge in [-0.1, -0.05) is 37.3 Å². The van der Waals surface area contributed by atoms with Crippen LogP contribution < -0.4 is 10.1 Å². The fourth-order valence-corrected chi connectivity index (χ4v) is 6.00. The number of carbonyl (C=O) groups excluding carboxylic acids is 1. The first-order valence-electron chi connectivity index (χ1n) is 10.6. The van der Waals surface area contributed by atoms with Crippen molar-refractivity contribution in [2.24, 2.45) is 0 Å². The van der Waals surface area contributed by atoms with Crippen LogP contribution in [0.4, 0.5) is 23.8 Å². The van der Waals surface area contributed by atoms with Crippen molar-refractivity contribution in [3.05, 3.63) is 59.4 Å². The third-order valence-corrected chi connectivity index (χ3v) is 9.15. The molecule has 0 fully saturated rings. The van der Waals surface area contributed by atoms with Gasteiger partial charge in [0, 0.05) is 16.3 Å². The van der Waals surface area contributed by atoms with Crippen LogP contribution >= 0.6 is 60.7 Å². The van der Waals surface area contributed by atoms with Crippen LogP contribution in [0.5, 0.6) is 5.75 Å². The summed E-state index contributed by atoms with van der Waals surface area (Å²) >= 11 is -3.15. The van der Waals surface area contributed by atoms with Gasteiger partial charge in [-0.3, -0.25) is 4.79 Å². The van der Waals surface area contributed by atoms with Crippen molar-refractivity contribution in [3.8, 4) is 5.75 Å². The van der Waals surface area contributed by atoms with Gasteiger partial charge < -0.3 is 15.2 Å². The van der Waals surface area contributed by atoms with Crippen LogP contribution in [0.3, 0.4) is 0 Å². The lowest BCUT2D eigenvalue weighted by Gasteiger charge is -2.30. The smallest absolute Gasteiger partial charge is 0.329 e. The lowest BCUT2D eigenvalue weighted by atomic mass is 9.97. The summed E-state index contributed by atoms with van der Waals surface area (Å²) in [6.45, 7) is 2.68. The summed E-state index contributed by atoms with van der Waals surface area (Å²) in [6, 6.07) is 8.04. The predicted octanol–water partition coefficient (Wildman–Crippen LogP) is 9.32. The minimum Gasteiger partial charge on any atom is -0.480 e. The molecule has 0 saturated heterocycles. The van der Waals surface area contributed by atoms with Gasteiger partial charge in [0.1, 0.15) is 41.4 Å². The Bertz CT molecular complexity index is 1400. The average molecular weight is 646 g/mol. The number of hydrogen-bond acceptors (Lipinski definition) is 8. The van der Waals surface area contributed by atoms with Gasteiger partial charge in [0.05, 0.1) is 56.7 Å². The zero-order chi connectivity index (χ0) is 29.0. The maximum Gasteiger partial charge on any atom is 0.329 e. The number of amides is 1. The molecule has 5 nitrogen and oxygen atoms in total. The fraction of sp³-hybridized carbons (Fsp3) is 0.217. The van der Waals surface area contributed by atoms with E-state index in [0.29, 0.717) is 6.07 Å². The molecule has 0 heterocycles. The third kappa shape index (κ3) is 6.04. The molecule has 3 rings (SSSR count). The Kier molecular flexibility index (Phi) is 10.6. The number of carboxylic acids is 1. The predicted molar refractivity (Wildman–Crippen MR) is 145 cm³/mol. The highest BCUT2D eigenvalue weighted by Gasteiger charge is 2.45. The van der Waals surface area contributed by atoms with Crippen molar-refractivity contribution in [1.29, 1.82) is 0 Å². The largest absolute Gasteiger partial charge is 0.480 e. The normalized spacial score (nSPS) is 13.2. The molecule has 0 aliphatic heterocycles. The number of carbonyl (C=O) groups is 2. The number of fused-ring (bicyclic) bond motifs is 1. The Balaban J connectivity index is 2.31. The zero-order valence-electron chi connectivity index (χ0n) is 19.7. The van der Waals surface area contributed by atoms with E-state index in [1.54, 1.807) is 0 Å². The molecule has 0 aromatic heterocycles. The van der Waals surface area contributed by atoms with Crippen LogP contribution in [0.15, 0.2) is 57.2 Å². The fourth-order valence-electron chi connectivity index (χ4n) is 3.51. The van der Waals surface area contributed by atoms with Crippen molar-refractivity contribution in [3.63, 3.8) is 0 Å². The van der Waals surface area contributed by atoms with E-state index >= 15 is 4.39 Å². The minimum absolute atomic E-state index is 0.0788. The maximum absolute atomic E-state index is 15.0. The number of aliphatic carboxylic acids is 1. The maximum atomic E-state index is 15.0. The van der Waals surface area contributed by atoms with Crippen molar-refractivity contribution in [2.75, 3.05) is 0 Å². The summed E-state index contributed by atoms with van der Waals surface area (Å²) in [5, 5.41) is 11.6. The molecule has 1 unspecified atom stereocenters. The van der Waals surface area contributed by atoms with Gasteiger partial charge in [0.2, 0.25) is 0 Å². The Morgan fingerprint density at radius 2 is 1.56 bits per heavy atom. The van der Waals surface area contributed by atoms with E-state index in [1.807, 2.05) is 0 Å². The molecule has 0 spiro atoms. The van der Waals surface area contributed by atoms with Crippen LogP contribution in [0.1, 0.15) is 36.2 Å². The molecule has 39 heavy (non-hydrogen) atoms. The topological polar surface area (TPSA) is 75.6 Å². The van der Waals surface area contributed by atoms with Crippen molar-refractivity contribution in [1.82, 2.24) is 5.32 Å². The lowest BCUT2D eigenvalue weighted by molar-refractivity contribution is -0.143. The number of rotatable bonds is 12. The Hall–Kier alpha value is -2.01. The van der Waals surface area contributed by atoms with Gasteiger partial charge in [0.15, 0.2) is 0 Å².